The topological polar surface area (TPSA) is 47.7 Å². The third-order valence-corrected chi connectivity index (χ3v) is 3.02. The van der Waals surface area contributed by atoms with E-state index in [1.807, 2.05) is 36.4 Å². The lowest BCUT2D eigenvalue weighted by Crippen LogP contribution is -2.12. The second-order valence-electron chi connectivity index (χ2n) is 4.43. The van der Waals surface area contributed by atoms with Crippen molar-refractivity contribution in [2.75, 3.05) is 11.9 Å². The molecule has 0 fully saturated rings. The summed E-state index contributed by atoms with van der Waals surface area (Å²) in [6, 6.07) is 0. The number of nitrogens with one attached hydrogen (secondary N) is 1. The molecule has 2 aromatic rings. The third kappa shape index (κ3) is 3.12. The summed E-state index contributed by atoms with van der Waals surface area (Å²) in [5, 5.41) is 3.37. The zero-order valence-corrected chi connectivity index (χ0v) is 11.1. The summed E-state index contributed by atoms with van der Waals surface area (Å²) in [5.74, 6) is 2.05. The van der Waals surface area contributed by atoms with Crippen LogP contribution in [0.15, 0.2) is 24.8 Å². The number of aromatic nitrogens is 4. The maximum atomic E-state index is 4.34. The number of imidazole rings is 2. The van der Waals surface area contributed by atoms with Crippen molar-refractivity contribution in [3.05, 3.63) is 30.6 Å². The van der Waals surface area contributed by atoms with Crippen molar-refractivity contribution in [3.8, 4) is 0 Å². The zero-order chi connectivity index (χ0) is 12.8. The molecule has 2 heterocycles. The van der Waals surface area contributed by atoms with Crippen molar-refractivity contribution in [1.82, 2.24) is 19.1 Å². The zero-order valence-electron chi connectivity index (χ0n) is 11.1. The van der Waals surface area contributed by atoms with E-state index in [1.54, 1.807) is 0 Å². The van der Waals surface area contributed by atoms with Gasteiger partial charge < -0.3 is 14.5 Å². The molecule has 0 bridgehead atoms. The second kappa shape index (κ2) is 6.23. The standard InChI is InChI=1S/C13H21N5/c1-3-4-9-18-11-8-16-13(18)15-6-5-12-14-7-10-17(12)2/h7-8,10-11H,3-6,9H2,1-2H3,(H,15,16). The van der Waals surface area contributed by atoms with Gasteiger partial charge in [-0.2, -0.15) is 0 Å². The maximum absolute atomic E-state index is 4.34. The maximum Gasteiger partial charge on any atom is 0.202 e. The minimum atomic E-state index is 0.855. The molecule has 0 aliphatic rings. The van der Waals surface area contributed by atoms with Crippen molar-refractivity contribution in [2.24, 2.45) is 7.05 Å². The van der Waals surface area contributed by atoms with Crippen molar-refractivity contribution in [1.29, 1.82) is 0 Å². The molecule has 0 saturated carbocycles. The van der Waals surface area contributed by atoms with Crippen molar-refractivity contribution in [3.63, 3.8) is 0 Å². The normalized spacial score (nSPS) is 10.8. The van der Waals surface area contributed by atoms with Crippen LogP contribution in [0.4, 0.5) is 5.95 Å². The van der Waals surface area contributed by atoms with Crippen molar-refractivity contribution >= 4 is 5.95 Å². The van der Waals surface area contributed by atoms with Crippen LogP contribution in [0, 0.1) is 0 Å². The molecule has 0 unspecified atom stereocenters. The molecule has 0 saturated heterocycles. The van der Waals surface area contributed by atoms with E-state index in [4.69, 9.17) is 0 Å². The average molecular weight is 247 g/mol. The highest BCUT2D eigenvalue weighted by molar-refractivity contribution is 5.25. The lowest BCUT2D eigenvalue weighted by atomic mass is 10.3. The smallest absolute Gasteiger partial charge is 0.202 e. The van der Waals surface area contributed by atoms with E-state index < -0.39 is 0 Å². The molecule has 0 aliphatic carbocycles. The van der Waals surface area contributed by atoms with Gasteiger partial charge in [-0.1, -0.05) is 13.3 Å². The Balaban J connectivity index is 1.83. The molecule has 0 radical (unpaired) electrons. The van der Waals surface area contributed by atoms with E-state index in [9.17, 15) is 0 Å². The summed E-state index contributed by atoms with van der Waals surface area (Å²) < 4.78 is 4.22. The fraction of sp³-hybridized carbons (Fsp3) is 0.538. The van der Waals surface area contributed by atoms with E-state index in [0.29, 0.717) is 0 Å². The first-order chi connectivity index (χ1) is 8.81. The highest BCUT2D eigenvalue weighted by Gasteiger charge is 2.03. The number of unbranched alkanes of at least 4 members (excludes halogenated alkanes) is 1. The first-order valence-corrected chi connectivity index (χ1v) is 6.52. The van der Waals surface area contributed by atoms with Gasteiger partial charge in [0.15, 0.2) is 0 Å². The number of anilines is 1. The minimum Gasteiger partial charge on any atom is -0.355 e. The van der Waals surface area contributed by atoms with Crippen molar-refractivity contribution < 1.29 is 0 Å². The average Bonchev–Trinajstić information content (AvgIpc) is 2.97. The minimum absolute atomic E-state index is 0.855. The number of hydrogen-bond donors (Lipinski definition) is 1. The quantitative estimate of drug-likeness (QED) is 0.814. The molecule has 0 atom stereocenters. The van der Waals surface area contributed by atoms with Crippen LogP contribution >= 0.6 is 0 Å². The molecule has 0 amide bonds. The molecule has 2 rings (SSSR count). The molecular weight excluding hydrogens is 226 g/mol. The Morgan fingerprint density at radius 3 is 2.78 bits per heavy atom. The Kier molecular flexibility index (Phi) is 4.39. The summed E-state index contributed by atoms with van der Waals surface area (Å²) >= 11 is 0. The Hall–Kier alpha value is -1.78. The van der Waals surface area contributed by atoms with Gasteiger partial charge >= 0.3 is 0 Å². The Morgan fingerprint density at radius 1 is 1.22 bits per heavy atom. The summed E-state index contributed by atoms with van der Waals surface area (Å²) in [4.78, 5) is 8.64. The molecule has 18 heavy (non-hydrogen) atoms. The second-order valence-corrected chi connectivity index (χ2v) is 4.43. The highest BCUT2D eigenvalue weighted by Crippen LogP contribution is 2.06. The van der Waals surface area contributed by atoms with Gasteiger partial charge in [-0.3, -0.25) is 0 Å². The van der Waals surface area contributed by atoms with E-state index in [1.165, 1.54) is 12.8 Å². The number of aryl methyl sites for hydroxylation is 2. The van der Waals surface area contributed by atoms with Crippen LogP contribution in [0.5, 0.6) is 0 Å². The van der Waals surface area contributed by atoms with Crippen LogP contribution in [-0.4, -0.2) is 25.6 Å². The van der Waals surface area contributed by atoms with Gasteiger partial charge in [0, 0.05) is 51.3 Å². The largest absolute Gasteiger partial charge is 0.355 e. The Morgan fingerprint density at radius 2 is 2.06 bits per heavy atom. The van der Waals surface area contributed by atoms with Gasteiger partial charge in [0.25, 0.3) is 0 Å². The van der Waals surface area contributed by atoms with E-state index in [0.717, 1.165) is 31.3 Å². The van der Waals surface area contributed by atoms with E-state index in [2.05, 4.69) is 26.8 Å². The molecule has 1 N–H and O–H groups in total. The fourth-order valence-corrected chi connectivity index (χ4v) is 1.91. The molecular formula is C13H21N5. The van der Waals surface area contributed by atoms with Gasteiger partial charge in [0.05, 0.1) is 0 Å². The van der Waals surface area contributed by atoms with Crippen LogP contribution in [0.25, 0.3) is 0 Å². The predicted molar refractivity (Wildman–Crippen MR) is 72.5 cm³/mol. The van der Waals surface area contributed by atoms with Gasteiger partial charge in [-0.15, -0.1) is 0 Å². The summed E-state index contributed by atoms with van der Waals surface area (Å²) in [5.41, 5.74) is 0. The first-order valence-electron chi connectivity index (χ1n) is 6.52. The molecule has 2 aromatic heterocycles. The van der Waals surface area contributed by atoms with Gasteiger partial charge in [-0.25, -0.2) is 9.97 Å². The van der Waals surface area contributed by atoms with Crippen LogP contribution in [-0.2, 0) is 20.0 Å². The fourth-order valence-electron chi connectivity index (χ4n) is 1.91. The van der Waals surface area contributed by atoms with Gasteiger partial charge in [-0.05, 0) is 6.42 Å². The Bertz CT molecular complexity index is 471. The van der Waals surface area contributed by atoms with Crippen LogP contribution in [0.1, 0.15) is 25.6 Å². The number of nitrogens with zero attached hydrogens (tertiary/aromatic N) is 4. The number of hydrogen-bond acceptors (Lipinski definition) is 3. The number of rotatable bonds is 7. The summed E-state index contributed by atoms with van der Waals surface area (Å²) in [7, 11) is 2.02. The van der Waals surface area contributed by atoms with Crippen LogP contribution in [0.3, 0.4) is 0 Å². The SMILES string of the molecule is CCCCn1ccnc1NCCc1nccn1C. The monoisotopic (exact) mass is 247 g/mol. The van der Waals surface area contributed by atoms with Gasteiger partial charge in [0.1, 0.15) is 5.82 Å². The molecule has 0 aromatic carbocycles. The lowest BCUT2D eigenvalue weighted by molar-refractivity contribution is 0.634. The molecule has 0 spiro atoms. The molecule has 5 nitrogen and oxygen atoms in total. The molecule has 5 heteroatoms. The predicted octanol–water partition coefficient (Wildman–Crippen LogP) is 2.07. The van der Waals surface area contributed by atoms with Crippen LogP contribution in [0.2, 0.25) is 0 Å². The van der Waals surface area contributed by atoms with E-state index in [-0.39, 0.29) is 0 Å². The molecule has 98 valence electrons. The van der Waals surface area contributed by atoms with Crippen LogP contribution < -0.4 is 5.32 Å². The van der Waals surface area contributed by atoms with Crippen molar-refractivity contribution in [2.45, 2.75) is 32.7 Å². The highest BCUT2D eigenvalue weighted by atomic mass is 15.2. The summed E-state index contributed by atoms with van der Waals surface area (Å²) in [6.07, 6.45) is 11.0. The first kappa shape index (κ1) is 12.7. The summed E-state index contributed by atoms with van der Waals surface area (Å²) in [6.45, 7) is 4.08. The molecule has 0 aliphatic heterocycles. The Labute approximate surface area is 108 Å². The third-order valence-electron chi connectivity index (χ3n) is 3.02. The lowest BCUT2D eigenvalue weighted by Gasteiger charge is -2.09. The van der Waals surface area contributed by atoms with E-state index >= 15 is 0 Å². The van der Waals surface area contributed by atoms with Gasteiger partial charge in [0.2, 0.25) is 5.95 Å².